The van der Waals surface area contributed by atoms with Gasteiger partial charge in [-0.3, -0.25) is 9.59 Å². The number of amides is 1. The largest absolute Gasteiger partial charge is 0.486 e. The molecule has 0 bridgehead atoms. The third-order valence-corrected chi connectivity index (χ3v) is 5.85. The number of hydrogen-bond donors (Lipinski definition) is 1. The number of nitrogens with one attached hydrogen (secondary N) is 1. The van der Waals surface area contributed by atoms with E-state index in [1.807, 2.05) is 91.9 Å². The van der Waals surface area contributed by atoms with Crippen molar-refractivity contribution in [3.63, 3.8) is 0 Å². The predicted octanol–water partition coefficient (Wildman–Crippen LogP) is 4.17. The molecule has 0 spiro atoms. The monoisotopic (exact) mass is 467 g/mol. The van der Waals surface area contributed by atoms with Crippen molar-refractivity contribution < 1.29 is 14.3 Å². The van der Waals surface area contributed by atoms with Crippen LogP contribution in [0.5, 0.6) is 11.5 Å². The average Bonchev–Trinajstić information content (AvgIpc) is 2.92. The fourth-order valence-electron chi connectivity index (χ4n) is 4.14. The molecule has 35 heavy (non-hydrogen) atoms. The number of para-hydroxylation sites is 2. The average molecular weight is 468 g/mol. The second-order valence-electron chi connectivity index (χ2n) is 8.16. The lowest BCUT2D eigenvalue weighted by Crippen LogP contribution is -2.43. The molecule has 5 rings (SSSR count). The van der Waals surface area contributed by atoms with Crippen LogP contribution < -0.4 is 20.3 Å². The third kappa shape index (κ3) is 4.53. The zero-order valence-electron chi connectivity index (χ0n) is 19.3. The summed E-state index contributed by atoms with van der Waals surface area (Å²) in [6, 6.07) is 26.4. The van der Waals surface area contributed by atoms with E-state index in [1.165, 1.54) is 4.68 Å². The number of aryl methyl sites for hydroxylation is 1. The van der Waals surface area contributed by atoms with Gasteiger partial charge in [-0.15, -0.1) is 0 Å². The van der Waals surface area contributed by atoms with Gasteiger partial charge in [0.15, 0.2) is 11.5 Å². The van der Waals surface area contributed by atoms with E-state index in [9.17, 15) is 9.59 Å². The first-order chi connectivity index (χ1) is 17.2. The third-order valence-electron chi connectivity index (χ3n) is 5.85. The van der Waals surface area contributed by atoms with E-state index in [-0.39, 0.29) is 18.2 Å². The highest BCUT2D eigenvalue weighted by atomic mass is 16.6. The summed E-state index contributed by atoms with van der Waals surface area (Å²) in [6.07, 6.45) is -0.377. The zero-order chi connectivity index (χ0) is 24.2. The Kier molecular flexibility index (Phi) is 6.30. The normalized spacial score (nSPS) is 14.4. The molecule has 1 aromatic heterocycles. The van der Waals surface area contributed by atoms with Gasteiger partial charge in [-0.25, -0.2) is 4.68 Å². The molecule has 0 saturated carbocycles. The Balaban J connectivity index is 1.53. The molecule has 0 fully saturated rings. The van der Waals surface area contributed by atoms with Gasteiger partial charge in [-0.1, -0.05) is 72.8 Å². The van der Waals surface area contributed by atoms with Crippen LogP contribution in [0.1, 0.15) is 17.3 Å². The predicted molar refractivity (Wildman–Crippen MR) is 134 cm³/mol. The molecule has 4 aromatic rings. The van der Waals surface area contributed by atoms with Crippen molar-refractivity contribution >= 4 is 5.91 Å². The molecule has 2 heterocycles. The number of hydrogen-bond acceptors (Lipinski definition) is 5. The standard InChI is InChI=1S/C28H25N3O4/c1-2-31-28(33)25(27(32)29-17-21-18-34-22-15-9-10-16-23(22)35-21)24(19-11-5-3-6-12-19)26(30-31)20-13-7-4-8-14-20/h3-16,21H,2,17-18H2,1H3,(H,29,32). The summed E-state index contributed by atoms with van der Waals surface area (Å²) in [6.45, 7) is 2.66. The van der Waals surface area contributed by atoms with Gasteiger partial charge in [0.2, 0.25) is 0 Å². The maximum Gasteiger partial charge on any atom is 0.280 e. The highest BCUT2D eigenvalue weighted by Gasteiger charge is 2.27. The van der Waals surface area contributed by atoms with Crippen LogP contribution in [0.25, 0.3) is 22.4 Å². The molecule has 1 unspecified atom stereocenters. The van der Waals surface area contributed by atoms with Gasteiger partial charge in [0.05, 0.1) is 12.2 Å². The molecule has 1 aliphatic rings. The smallest absolute Gasteiger partial charge is 0.280 e. The molecule has 1 N–H and O–H groups in total. The highest BCUT2D eigenvalue weighted by Crippen LogP contribution is 2.33. The lowest BCUT2D eigenvalue weighted by atomic mass is 9.95. The second kappa shape index (κ2) is 9.85. The second-order valence-corrected chi connectivity index (χ2v) is 8.16. The SMILES string of the molecule is CCn1nc(-c2ccccc2)c(-c2ccccc2)c(C(=O)NCC2COc3ccccc3O2)c1=O. The van der Waals surface area contributed by atoms with Crippen LogP contribution in [0, 0.1) is 0 Å². The van der Waals surface area contributed by atoms with Crippen LogP contribution in [0.3, 0.4) is 0 Å². The maximum absolute atomic E-state index is 13.6. The van der Waals surface area contributed by atoms with Gasteiger partial charge in [-0.05, 0) is 24.6 Å². The lowest BCUT2D eigenvalue weighted by Gasteiger charge is -2.26. The fourth-order valence-corrected chi connectivity index (χ4v) is 4.14. The maximum atomic E-state index is 13.6. The van der Waals surface area contributed by atoms with Gasteiger partial charge >= 0.3 is 0 Å². The van der Waals surface area contributed by atoms with Crippen LogP contribution in [0.4, 0.5) is 0 Å². The van der Waals surface area contributed by atoms with Gasteiger partial charge < -0.3 is 14.8 Å². The van der Waals surface area contributed by atoms with E-state index in [4.69, 9.17) is 9.47 Å². The minimum absolute atomic E-state index is 0.0593. The summed E-state index contributed by atoms with van der Waals surface area (Å²) in [7, 11) is 0. The number of carbonyl (C=O) groups excluding carboxylic acids is 1. The van der Waals surface area contributed by atoms with Crippen LogP contribution in [0.15, 0.2) is 89.7 Å². The Morgan fingerprint density at radius 1 is 0.943 bits per heavy atom. The molecule has 1 amide bonds. The first kappa shape index (κ1) is 22.4. The Bertz CT molecular complexity index is 1400. The van der Waals surface area contributed by atoms with Crippen molar-refractivity contribution in [2.45, 2.75) is 19.6 Å². The van der Waals surface area contributed by atoms with E-state index in [2.05, 4.69) is 10.4 Å². The first-order valence-corrected chi connectivity index (χ1v) is 11.6. The fraction of sp³-hybridized carbons (Fsp3) is 0.179. The number of rotatable bonds is 6. The van der Waals surface area contributed by atoms with E-state index >= 15 is 0 Å². The number of carbonyl (C=O) groups is 1. The summed E-state index contributed by atoms with van der Waals surface area (Å²) in [5.41, 5.74) is 2.28. The molecular weight excluding hydrogens is 442 g/mol. The quantitative estimate of drug-likeness (QED) is 0.460. The number of nitrogens with zero attached hydrogens (tertiary/aromatic N) is 2. The summed E-state index contributed by atoms with van der Waals surface area (Å²) >= 11 is 0. The van der Waals surface area contributed by atoms with Crippen LogP contribution in [-0.2, 0) is 6.54 Å². The van der Waals surface area contributed by atoms with Gasteiger partial charge in [0.25, 0.3) is 11.5 Å². The molecular formula is C28H25N3O4. The molecule has 3 aromatic carbocycles. The zero-order valence-corrected chi connectivity index (χ0v) is 19.3. The number of benzene rings is 3. The van der Waals surface area contributed by atoms with Crippen molar-refractivity contribution in [3.8, 4) is 33.9 Å². The number of fused-ring (bicyclic) bond motifs is 1. The summed E-state index contributed by atoms with van der Waals surface area (Å²) in [5, 5.41) is 7.53. The van der Waals surface area contributed by atoms with Crippen molar-refractivity contribution in [2.75, 3.05) is 13.2 Å². The minimum Gasteiger partial charge on any atom is -0.486 e. The molecule has 7 heteroatoms. The molecule has 0 saturated heterocycles. The van der Waals surface area contributed by atoms with E-state index in [0.717, 1.165) is 11.1 Å². The topological polar surface area (TPSA) is 82.5 Å². The minimum atomic E-state index is -0.474. The Morgan fingerprint density at radius 3 is 2.26 bits per heavy atom. The number of aromatic nitrogens is 2. The summed E-state index contributed by atoms with van der Waals surface area (Å²) in [4.78, 5) is 27.0. The van der Waals surface area contributed by atoms with Crippen LogP contribution >= 0.6 is 0 Å². The lowest BCUT2D eigenvalue weighted by molar-refractivity contribution is 0.0788. The van der Waals surface area contributed by atoms with Gasteiger partial charge in [0.1, 0.15) is 18.3 Å². The Hall–Kier alpha value is -4.39. The van der Waals surface area contributed by atoms with Crippen molar-refractivity contribution in [2.24, 2.45) is 0 Å². The molecule has 176 valence electrons. The molecule has 7 nitrogen and oxygen atoms in total. The Morgan fingerprint density at radius 2 is 1.57 bits per heavy atom. The van der Waals surface area contributed by atoms with Crippen molar-refractivity contribution in [1.82, 2.24) is 15.1 Å². The van der Waals surface area contributed by atoms with E-state index < -0.39 is 11.5 Å². The van der Waals surface area contributed by atoms with E-state index in [1.54, 1.807) is 0 Å². The van der Waals surface area contributed by atoms with Gasteiger partial charge in [-0.2, -0.15) is 5.10 Å². The molecule has 0 radical (unpaired) electrons. The summed E-state index contributed by atoms with van der Waals surface area (Å²) < 4.78 is 13.1. The first-order valence-electron chi connectivity index (χ1n) is 11.6. The molecule has 1 atom stereocenters. The highest BCUT2D eigenvalue weighted by molar-refractivity contribution is 6.03. The van der Waals surface area contributed by atoms with E-state index in [0.29, 0.717) is 35.9 Å². The molecule has 1 aliphatic heterocycles. The van der Waals surface area contributed by atoms with Crippen LogP contribution in [0.2, 0.25) is 0 Å². The van der Waals surface area contributed by atoms with Gasteiger partial charge in [0, 0.05) is 17.7 Å². The van der Waals surface area contributed by atoms with Crippen molar-refractivity contribution in [1.29, 1.82) is 0 Å². The Labute approximate surface area is 203 Å². The summed E-state index contributed by atoms with van der Waals surface area (Å²) in [5.74, 6) is 0.832. The van der Waals surface area contributed by atoms with Crippen LogP contribution in [-0.4, -0.2) is 34.9 Å². The van der Waals surface area contributed by atoms with Crippen molar-refractivity contribution in [3.05, 3.63) is 101 Å². The molecule has 0 aliphatic carbocycles. The number of ether oxygens (including phenoxy) is 2.